The van der Waals surface area contributed by atoms with Crippen molar-refractivity contribution in [2.75, 3.05) is 12.3 Å². The number of anilines is 1. The third-order valence-corrected chi connectivity index (χ3v) is 1.82. The first-order chi connectivity index (χ1) is 6.57. The first-order valence-corrected chi connectivity index (χ1v) is 4.29. The number of ether oxygens (including phenoxy) is 1. The molecule has 0 bridgehead atoms. The molecule has 0 aromatic heterocycles. The maximum absolute atomic E-state index is 13.4. The normalized spacial score (nSPS) is 9.93. The average Bonchev–Trinajstić information content (AvgIpc) is 2.13. The molecular formula is C10H12FNO2. The number of carbonyl (C=O) groups excluding carboxylic acids is 1. The van der Waals surface area contributed by atoms with Crippen LogP contribution >= 0.6 is 0 Å². The van der Waals surface area contributed by atoms with Gasteiger partial charge in [0.2, 0.25) is 0 Å². The fraction of sp³-hybridized carbons (Fsp3) is 0.300. The minimum absolute atomic E-state index is 0.00838. The molecular weight excluding hydrogens is 185 g/mol. The molecule has 4 heteroatoms. The van der Waals surface area contributed by atoms with Crippen molar-refractivity contribution in [3.8, 4) is 5.75 Å². The molecule has 0 heterocycles. The molecule has 0 unspecified atom stereocenters. The number of nitrogens with two attached hydrogens (primary N) is 1. The Morgan fingerprint density at radius 2 is 2.21 bits per heavy atom. The number of hydrogen-bond donors (Lipinski definition) is 1. The van der Waals surface area contributed by atoms with Crippen LogP contribution in [0.3, 0.4) is 0 Å². The zero-order chi connectivity index (χ0) is 10.7. The van der Waals surface area contributed by atoms with Crippen molar-refractivity contribution in [1.82, 2.24) is 0 Å². The zero-order valence-electron chi connectivity index (χ0n) is 8.13. The van der Waals surface area contributed by atoms with Gasteiger partial charge in [-0.1, -0.05) is 0 Å². The Hall–Kier alpha value is -1.58. The first-order valence-electron chi connectivity index (χ1n) is 4.29. The molecule has 0 aliphatic carbocycles. The van der Waals surface area contributed by atoms with Crippen LogP contribution in [0.4, 0.5) is 10.1 Å². The lowest BCUT2D eigenvalue weighted by molar-refractivity contribution is 0.101. The Morgan fingerprint density at radius 3 is 2.71 bits per heavy atom. The van der Waals surface area contributed by atoms with Crippen molar-refractivity contribution < 1.29 is 13.9 Å². The SMILES string of the molecule is CCOc1ccc(C(C)=O)c(F)c1N. The highest BCUT2D eigenvalue weighted by Gasteiger charge is 2.13. The Kier molecular flexibility index (Phi) is 3.06. The molecule has 0 saturated heterocycles. The van der Waals surface area contributed by atoms with E-state index in [1.165, 1.54) is 19.1 Å². The van der Waals surface area contributed by atoms with Gasteiger partial charge in [0, 0.05) is 0 Å². The Balaban J connectivity index is 3.19. The summed E-state index contributed by atoms with van der Waals surface area (Å²) in [5, 5.41) is 0. The van der Waals surface area contributed by atoms with Crippen LogP contribution in [0.1, 0.15) is 24.2 Å². The van der Waals surface area contributed by atoms with E-state index in [4.69, 9.17) is 10.5 Å². The van der Waals surface area contributed by atoms with Crippen LogP contribution in [0.15, 0.2) is 12.1 Å². The molecule has 0 atom stereocenters. The number of nitrogen functional groups attached to an aromatic ring is 1. The largest absolute Gasteiger partial charge is 0.492 e. The molecule has 0 radical (unpaired) electrons. The summed E-state index contributed by atoms with van der Waals surface area (Å²) in [5.41, 5.74) is 5.34. The third-order valence-electron chi connectivity index (χ3n) is 1.82. The van der Waals surface area contributed by atoms with E-state index in [1.54, 1.807) is 6.92 Å². The lowest BCUT2D eigenvalue weighted by Gasteiger charge is -2.08. The highest BCUT2D eigenvalue weighted by atomic mass is 19.1. The monoisotopic (exact) mass is 197 g/mol. The summed E-state index contributed by atoms with van der Waals surface area (Å²) in [6, 6.07) is 2.87. The number of ketones is 1. The molecule has 1 rings (SSSR count). The maximum Gasteiger partial charge on any atom is 0.162 e. The molecule has 3 nitrogen and oxygen atoms in total. The highest BCUT2D eigenvalue weighted by Crippen LogP contribution is 2.27. The van der Waals surface area contributed by atoms with Crippen LogP contribution in [0.25, 0.3) is 0 Å². The van der Waals surface area contributed by atoms with Crippen LogP contribution in [0, 0.1) is 5.82 Å². The summed E-state index contributed by atoms with van der Waals surface area (Å²) in [5.74, 6) is -0.782. The van der Waals surface area contributed by atoms with Gasteiger partial charge in [0.25, 0.3) is 0 Å². The molecule has 0 saturated carbocycles. The second-order valence-corrected chi connectivity index (χ2v) is 2.83. The predicted octanol–water partition coefficient (Wildman–Crippen LogP) is 2.01. The summed E-state index contributed by atoms with van der Waals surface area (Å²) in [6.45, 7) is 3.47. The summed E-state index contributed by atoms with van der Waals surface area (Å²) >= 11 is 0. The fourth-order valence-corrected chi connectivity index (χ4v) is 1.13. The van der Waals surface area contributed by atoms with Gasteiger partial charge in [0.05, 0.1) is 12.2 Å². The van der Waals surface area contributed by atoms with Gasteiger partial charge >= 0.3 is 0 Å². The Labute approximate surface area is 81.7 Å². The van der Waals surface area contributed by atoms with E-state index in [0.29, 0.717) is 6.61 Å². The number of benzene rings is 1. The zero-order valence-corrected chi connectivity index (χ0v) is 8.13. The van der Waals surface area contributed by atoms with E-state index in [1.807, 2.05) is 0 Å². The molecule has 2 N–H and O–H groups in total. The number of Topliss-reactive ketones (excluding diaryl/α,β-unsaturated/α-hetero) is 1. The van der Waals surface area contributed by atoms with Crippen LogP contribution in [0.2, 0.25) is 0 Å². The fourth-order valence-electron chi connectivity index (χ4n) is 1.13. The Bertz CT molecular complexity index is 363. The van der Waals surface area contributed by atoms with Gasteiger partial charge in [-0.15, -0.1) is 0 Å². The second-order valence-electron chi connectivity index (χ2n) is 2.83. The van der Waals surface area contributed by atoms with Crippen molar-refractivity contribution in [3.63, 3.8) is 0 Å². The van der Waals surface area contributed by atoms with Crippen molar-refractivity contribution in [1.29, 1.82) is 0 Å². The summed E-state index contributed by atoms with van der Waals surface area (Å²) < 4.78 is 18.5. The van der Waals surface area contributed by atoms with Gasteiger partial charge in [-0.3, -0.25) is 4.79 Å². The Morgan fingerprint density at radius 1 is 1.57 bits per heavy atom. The first kappa shape index (κ1) is 10.5. The summed E-state index contributed by atoms with van der Waals surface area (Å²) in [7, 11) is 0. The minimum Gasteiger partial charge on any atom is -0.492 e. The molecule has 1 aromatic rings. The molecule has 0 fully saturated rings. The van der Waals surface area contributed by atoms with Crippen molar-refractivity contribution in [3.05, 3.63) is 23.5 Å². The number of carbonyl (C=O) groups is 1. The van der Waals surface area contributed by atoms with Crippen molar-refractivity contribution >= 4 is 11.5 Å². The lowest BCUT2D eigenvalue weighted by Crippen LogP contribution is -2.04. The molecule has 76 valence electrons. The third kappa shape index (κ3) is 1.84. The topological polar surface area (TPSA) is 52.3 Å². The molecule has 0 spiro atoms. The van der Waals surface area contributed by atoms with Crippen LogP contribution in [-0.2, 0) is 0 Å². The average molecular weight is 197 g/mol. The van der Waals surface area contributed by atoms with Gasteiger partial charge in [-0.2, -0.15) is 0 Å². The second kappa shape index (κ2) is 4.09. The molecule has 0 aliphatic rings. The standard InChI is InChI=1S/C10H12FNO2/c1-3-14-8-5-4-7(6(2)13)9(11)10(8)12/h4-5H,3,12H2,1-2H3. The quantitative estimate of drug-likeness (QED) is 0.595. The number of halogens is 1. The van der Waals surface area contributed by atoms with E-state index in [2.05, 4.69) is 0 Å². The maximum atomic E-state index is 13.4. The number of rotatable bonds is 3. The summed E-state index contributed by atoms with van der Waals surface area (Å²) in [4.78, 5) is 11.0. The van der Waals surface area contributed by atoms with E-state index < -0.39 is 5.82 Å². The minimum atomic E-state index is -0.705. The van der Waals surface area contributed by atoms with Crippen LogP contribution in [0.5, 0.6) is 5.75 Å². The van der Waals surface area contributed by atoms with E-state index >= 15 is 0 Å². The molecule has 0 aliphatic heterocycles. The van der Waals surface area contributed by atoms with E-state index in [-0.39, 0.29) is 22.8 Å². The summed E-state index contributed by atoms with van der Waals surface area (Å²) in [6.07, 6.45) is 0. The van der Waals surface area contributed by atoms with Crippen molar-refractivity contribution in [2.24, 2.45) is 0 Å². The lowest BCUT2D eigenvalue weighted by atomic mass is 10.1. The van der Waals surface area contributed by atoms with E-state index in [0.717, 1.165) is 0 Å². The van der Waals surface area contributed by atoms with Gasteiger partial charge in [-0.05, 0) is 26.0 Å². The predicted molar refractivity (Wildman–Crippen MR) is 52.0 cm³/mol. The molecule has 1 aromatic carbocycles. The highest BCUT2D eigenvalue weighted by molar-refractivity contribution is 5.95. The van der Waals surface area contributed by atoms with Crippen LogP contribution < -0.4 is 10.5 Å². The van der Waals surface area contributed by atoms with Gasteiger partial charge < -0.3 is 10.5 Å². The van der Waals surface area contributed by atoms with Gasteiger partial charge in [0.1, 0.15) is 11.4 Å². The van der Waals surface area contributed by atoms with Crippen molar-refractivity contribution in [2.45, 2.75) is 13.8 Å². The van der Waals surface area contributed by atoms with Gasteiger partial charge in [0.15, 0.2) is 11.6 Å². The molecule has 0 amide bonds. The van der Waals surface area contributed by atoms with Crippen LogP contribution in [-0.4, -0.2) is 12.4 Å². The number of hydrogen-bond acceptors (Lipinski definition) is 3. The smallest absolute Gasteiger partial charge is 0.162 e. The molecule has 14 heavy (non-hydrogen) atoms. The van der Waals surface area contributed by atoms with E-state index in [9.17, 15) is 9.18 Å². The van der Waals surface area contributed by atoms with Gasteiger partial charge in [-0.25, -0.2) is 4.39 Å².